The first kappa shape index (κ1) is 13.9. The summed E-state index contributed by atoms with van der Waals surface area (Å²) in [5.41, 5.74) is 7.67. The standard InChI is InChI=1S/C16H20N2O3/c1-8-11(3-2-4-12(8)17)15(19)18-14-10-6-5-9(7-10)13(14)16(20)21/h2-4,9-10,13-14H,5-7,17H2,1H3,(H,18,19)(H,20,21). The van der Waals surface area contributed by atoms with Gasteiger partial charge in [-0.1, -0.05) is 6.07 Å². The summed E-state index contributed by atoms with van der Waals surface area (Å²) in [6, 6.07) is 4.97. The number of nitrogens with one attached hydrogen (secondary N) is 1. The lowest BCUT2D eigenvalue weighted by atomic mass is 9.84. The molecule has 4 N–H and O–H groups in total. The quantitative estimate of drug-likeness (QED) is 0.739. The number of rotatable bonds is 3. The Morgan fingerprint density at radius 3 is 2.71 bits per heavy atom. The maximum atomic E-state index is 12.5. The molecular formula is C16H20N2O3. The molecule has 4 atom stereocenters. The number of anilines is 1. The molecule has 0 spiro atoms. The third-order valence-electron chi connectivity index (χ3n) is 5.12. The van der Waals surface area contributed by atoms with Gasteiger partial charge >= 0.3 is 5.97 Å². The van der Waals surface area contributed by atoms with Crippen LogP contribution in [0.1, 0.15) is 35.2 Å². The first-order valence-electron chi connectivity index (χ1n) is 7.37. The Kier molecular flexibility index (Phi) is 3.35. The summed E-state index contributed by atoms with van der Waals surface area (Å²) in [4.78, 5) is 23.9. The molecular weight excluding hydrogens is 268 g/mol. The van der Waals surface area contributed by atoms with E-state index in [1.165, 1.54) is 0 Å². The highest BCUT2D eigenvalue weighted by Crippen LogP contribution is 2.48. The van der Waals surface area contributed by atoms with Crippen molar-refractivity contribution in [2.24, 2.45) is 17.8 Å². The number of fused-ring (bicyclic) bond motifs is 2. The summed E-state index contributed by atoms with van der Waals surface area (Å²) >= 11 is 0. The van der Waals surface area contributed by atoms with Crippen molar-refractivity contribution < 1.29 is 14.7 Å². The molecule has 1 aromatic carbocycles. The van der Waals surface area contributed by atoms with Crippen LogP contribution >= 0.6 is 0 Å². The van der Waals surface area contributed by atoms with E-state index >= 15 is 0 Å². The second-order valence-electron chi connectivity index (χ2n) is 6.22. The molecule has 4 unspecified atom stereocenters. The zero-order chi connectivity index (χ0) is 15.1. The lowest BCUT2D eigenvalue weighted by molar-refractivity contribution is -0.144. The fourth-order valence-electron chi connectivity index (χ4n) is 3.98. The van der Waals surface area contributed by atoms with Crippen molar-refractivity contribution in [2.45, 2.75) is 32.2 Å². The molecule has 3 rings (SSSR count). The van der Waals surface area contributed by atoms with E-state index in [2.05, 4.69) is 5.32 Å². The highest BCUT2D eigenvalue weighted by Gasteiger charge is 2.51. The molecule has 2 aliphatic carbocycles. The predicted molar refractivity (Wildman–Crippen MR) is 78.8 cm³/mol. The molecule has 0 heterocycles. The maximum Gasteiger partial charge on any atom is 0.308 e. The molecule has 21 heavy (non-hydrogen) atoms. The number of nitrogens with two attached hydrogens (primary N) is 1. The van der Waals surface area contributed by atoms with Crippen LogP contribution < -0.4 is 11.1 Å². The zero-order valence-corrected chi connectivity index (χ0v) is 12.0. The van der Waals surface area contributed by atoms with Crippen LogP contribution in [0.3, 0.4) is 0 Å². The monoisotopic (exact) mass is 288 g/mol. The van der Waals surface area contributed by atoms with Gasteiger partial charge in [0.25, 0.3) is 5.91 Å². The van der Waals surface area contributed by atoms with Crippen molar-refractivity contribution in [2.75, 3.05) is 5.73 Å². The number of carboxylic acid groups (broad SMARTS) is 1. The fourth-order valence-corrected chi connectivity index (χ4v) is 3.98. The van der Waals surface area contributed by atoms with Crippen LogP contribution in [0.5, 0.6) is 0 Å². The van der Waals surface area contributed by atoms with Crippen molar-refractivity contribution in [1.29, 1.82) is 0 Å². The van der Waals surface area contributed by atoms with Crippen molar-refractivity contribution in [1.82, 2.24) is 5.32 Å². The third kappa shape index (κ3) is 2.26. The largest absolute Gasteiger partial charge is 0.481 e. The van der Waals surface area contributed by atoms with Gasteiger partial charge in [-0.2, -0.15) is 0 Å². The van der Waals surface area contributed by atoms with Gasteiger partial charge in [-0.3, -0.25) is 9.59 Å². The summed E-state index contributed by atoms with van der Waals surface area (Å²) < 4.78 is 0. The maximum absolute atomic E-state index is 12.5. The number of aliphatic carboxylic acids is 1. The second kappa shape index (κ2) is 5.06. The number of nitrogen functional groups attached to an aromatic ring is 1. The Balaban J connectivity index is 1.81. The van der Waals surface area contributed by atoms with E-state index in [4.69, 9.17) is 5.73 Å². The smallest absolute Gasteiger partial charge is 0.308 e. The van der Waals surface area contributed by atoms with E-state index in [1.807, 2.05) is 0 Å². The highest BCUT2D eigenvalue weighted by atomic mass is 16.4. The topological polar surface area (TPSA) is 92.4 Å². The fraction of sp³-hybridized carbons (Fsp3) is 0.500. The molecule has 0 radical (unpaired) electrons. The van der Waals surface area contributed by atoms with Crippen molar-refractivity contribution in [3.63, 3.8) is 0 Å². The minimum absolute atomic E-state index is 0.208. The zero-order valence-electron chi connectivity index (χ0n) is 12.0. The van der Waals surface area contributed by atoms with Crippen LogP contribution in [0.2, 0.25) is 0 Å². The molecule has 5 nitrogen and oxygen atoms in total. The van der Waals surface area contributed by atoms with Gasteiger partial charge in [-0.15, -0.1) is 0 Å². The molecule has 2 aliphatic rings. The average molecular weight is 288 g/mol. The van der Waals surface area contributed by atoms with E-state index in [0.717, 1.165) is 24.8 Å². The van der Waals surface area contributed by atoms with Gasteiger partial charge in [0.15, 0.2) is 0 Å². The summed E-state index contributed by atoms with van der Waals surface area (Å²) in [7, 11) is 0. The molecule has 2 saturated carbocycles. The Bertz CT molecular complexity index is 599. The molecule has 5 heteroatoms. The third-order valence-corrected chi connectivity index (χ3v) is 5.12. The van der Waals surface area contributed by atoms with E-state index in [0.29, 0.717) is 17.2 Å². The van der Waals surface area contributed by atoms with Gasteiger partial charge < -0.3 is 16.2 Å². The average Bonchev–Trinajstić information content (AvgIpc) is 3.02. The lowest BCUT2D eigenvalue weighted by Gasteiger charge is -2.29. The Hall–Kier alpha value is -2.04. The molecule has 0 aliphatic heterocycles. The summed E-state index contributed by atoms with van der Waals surface area (Å²) in [5.74, 6) is -0.962. The summed E-state index contributed by atoms with van der Waals surface area (Å²) in [6.07, 6.45) is 2.89. The van der Waals surface area contributed by atoms with Gasteiger partial charge in [0.1, 0.15) is 0 Å². The Morgan fingerprint density at radius 2 is 2.00 bits per heavy atom. The molecule has 2 fully saturated rings. The minimum Gasteiger partial charge on any atom is -0.481 e. The normalized spacial score (nSPS) is 30.3. The van der Waals surface area contributed by atoms with Crippen LogP contribution in [0.25, 0.3) is 0 Å². The van der Waals surface area contributed by atoms with Gasteiger partial charge in [-0.05, 0) is 55.7 Å². The van der Waals surface area contributed by atoms with Crippen LogP contribution in [0.4, 0.5) is 5.69 Å². The molecule has 0 aromatic heterocycles. The summed E-state index contributed by atoms with van der Waals surface area (Å²) in [6.45, 7) is 1.81. The molecule has 2 bridgehead atoms. The van der Waals surface area contributed by atoms with Crippen LogP contribution in [0, 0.1) is 24.7 Å². The second-order valence-corrected chi connectivity index (χ2v) is 6.22. The number of carbonyl (C=O) groups excluding carboxylic acids is 1. The van der Waals surface area contributed by atoms with Gasteiger partial charge in [0, 0.05) is 17.3 Å². The number of amides is 1. The number of carbonyl (C=O) groups is 2. The molecule has 1 aromatic rings. The van der Waals surface area contributed by atoms with E-state index in [1.54, 1.807) is 25.1 Å². The molecule has 1 amide bonds. The van der Waals surface area contributed by atoms with Crippen LogP contribution in [0.15, 0.2) is 18.2 Å². The number of carboxylic acids is 1. The number of hydrogen-bond donors (Lipinski definition) is 3. The minimum atomic E-state index is -0.795. The first-order valence-corrected chi connectivity index (χ1v) is 7.37. The highest BCUT2D eigenvalue weighted by molar-refractivity contribution is 5.97. The van der Waals surface area contributed by atoms with Gasteiger partial charge in [0.05, 0.1) is 5.92 Å². The number of benzene rings is 1. The van der Waals surface area contributed by atoms with Gasteiger partial charge in [0.2, 0.25) is 0 Å². The lowest BCUT2D eigenvalue weighted by Crippen LogP contribution is -2.47. The SMILES string of the molecule is Cc1c(N)cccc1C(=O)NC1C2CCC(C2)C1C(=O)O. The van der Waals surface area contributed by atoms with Crippen molar-refractivity contribution in [3.8, 4) is 0 Å². The van der Waals surface area contributed by atoms with Crippen LogP contribution in [-0.2, 0) is 4.79 Å². The predicted octanol–water partition coefficient (Wildman–Crippen LogP) is 1.81. The Morgan fingerprint density at radius 1 is 1.29 bits per heavy atom. The van der Waals surface area contributed by atoms with Crippen molar-refractivity contribution in [3.05, 3.63) is 29.3 Å². The Labute approximate surface area is 123 Å². The van der Waals surface area contributed by atoms with Gasteiger partial charge in [-0.25, -0.2) is 0 Å². The number of hydrogen-bond acceptors (Lipinski definition) is 3. The van der Waals surface area contributed by atoms with E-state index in [9.17, 15) is 14.7 Å². The van der Waals surface area contributed by atoms with E-state index in [-0.39, 0.29) is 17.9 Å². The van der Waals surface area contributed by atoms with Crippen molar-refractivity contribution >= 4 is 17.6 Å². The molecule has 112 valence electrons. The van der Waals surface area contributed by atoms with Crippen LogP contribution in [-0.4, -0.2) is 23.0 Å². The van der Waals surface area contributed by atoms with E-state index < -0.39 is 11.9 Å². The first-order chi connectivity index (χ1) is 9.99. The summed E-state index contributed by atoms with van der Waals surface area (Å²) in [5, 5.41) is 12.4. The molecule has 0 saturated heterocycles.